The number of nitrogens with one attached hydrogen (secondary N) is 1. The lowest BCUT2D eigenvalue weighted by molar-refractivity contribution is 0.247. The van der Waals surface area contributed by atoms with E-state index in [0.29, 0.717) is 18.3 Å². The lowest BCUT2D eigenvalue weighted by atomic mass is 9.82. The third-order valence-electron chi connectivity index (χ3n) is 5.33. The summed E-state index contributed by atoms with van der Waals surface area (Å²) in [6.45, 7) is 0.708. The Morgan fingerprint density at radius 2 is 1.58 bits per heavy atom. The molecular formula is C15H27NO2S. The minimum absolute atomic E-state index is 0.0997. The van der Waals surface area contributed by atoms with E-state index in [2.05, 4.69) is 5.32 Å². The second-order valence-corrected chi connectivity index (χ2v) is 9.20. The van der Waals surface area contributed by atoms with E-state index < -0.39 is 9.84 Å². The summed E-state index contributed by atoms with van der Waals surface area (Å²) in [6.07, 6.45) is 11.3. The van der Waals surface area contributed by atoms with E-state index in [0.717, 1.165) is 24.7 Å². The van der Waals surface area contributed by atoms with E-state index in [9.17, 15) is 8.42 Å². The maximum Gasteiger partial charge on any atom is 0.154 e. The van der Waals surface area contributed by atoms with Gasteiger partial charge in [-0.05, 0) is 50.4 Å². The first-order chi connectivity index (χ1) is 9.17. The van der Waals surface area contributed by atoms with Gasteiger partial charge in [-0.3, -0.25) is 0 Å². The molecule has 0 aromatic rings. The second-order valence-electron chi connectivity index (χ2n) is 6.80. The molecule has 110 valence electrons. The van der Waals surface area contributed by atoms with E-state index in [-0.39, 0.29) is 5.25 Å². The van der Waals surface area contributed by atoms with Gasteiger partial charge in [0, 0.05) is 12.6 Å². The van der Waals surface area contributed by atoms with Crippen LogP contribution in [0.5, 0.6) is 0 Å². The maximum atomic E-state index is 11.9. The third kappa shape index (κ3) is 3.33. The summed E-state index contributed by atoms with van der Waals surface area (Å²) in [6, 6.07) is 0.608. The van der Waals surface area contributed by atoms with Gasteiger partial charge in [0.25, 0.3) is 0 Å². The van der Waals surface area contributed by atoms with Gasteiger partial charge in [0.05, 0.1) is 11.0 Å². The average Bonchev–Trinajstić information content (AvgIpc) is 3.17. The molecule has 2 atom stereocenters. The molecular weight excluding hydrogens is 258 g/mol. The van der Waals surface area contributed by atoms with Crippen LogP contribution < -0.4 is 5.32 Å². The molecule has 3 rings (SSSR count). The van der Waals surface area contributed by atoms with Gasteiger partial charge in [-0.2, -0.15) is 0 Å². The normalized spacial score (nSPS) is 33.4. The van der Waals surface area contributed by atoms with Crippen molar-refractivity contribution in [1.82, 2.24) is 5.32 Å². The molecule has 0 spiro atoms. The van der Waals surface area contributed by atoms with Crippen LogP contribution in [0.15, 0.2) is 0 Å². The summed E-state index contributed by atoms with van der Waals surface area (Å²) >= 11 is 0. The molecule has 2 aliphatic carbocycles. The first-order valence-corrected chi connectivity index (χ1v) is 9.83. The summed E-state index contributed by atoms with van der Waals surface area (Å²) in [4.78, 5) is 0. The topological polar surface area (TPSA) is 46.2 Å². The molecule has 0 amide bonds. The Morgan fingerprint density at radius 1 is 0.895 bits per heavy atom. The van der Waals surface area contributed by atoms with Crippen molar-refractivity contribution in [3.63, 3.8) is 0 Å². The zero-order valence-electron chi connectivity index (χ0n) is 11.8. The quantitative estimate of drug-likeness (QED) is 0.844. The standard InChI is InChI=1S/C15H27NO2S/c17-19(18)10-4-7-14(19)11-16-15(13-8-9-13)12-5-2-1-3-6-12/h12-16H,1-11H2/t14-,15+/m1/s1. The van der Waals surface area contributed by atoms with Crippen LogP contribution in [0.2, 0.25) is 0 Å². The molecule has 3 fully saturated rings. The van der Waals surface area contributed by atoms with E-state index in [1.165, 1.54) is 44.9 Å². The van der Waals surface area contributed by atoms with Crippen LogP contribution in [0.1, 0.15) is 57.8 Å². The smallest absolute Gasteiger partial charge is 0.154 e. The van der Waals surface area contributed by atoms with Crippen molar-refractivity contribution in [2.75, 3.05) is 12.3 Å². The maximum absolute atomic E-state index is 11.9. The summed E-state index contributed by atoms with van der Waals surface area (Å²) in [5.74, 6) is 2.06. The van der Waals surface area contributed by atoms with Crippen molar-refractivity contribution in [2.45, 2.75) is 69.1 Å². The molecule has 3 nitrogen and oxygen atoms in total. The Kier molecular flexibility index (Phi) is 4.18. The van der Waals surface area contributed by atoms with Crippen molar-refractivity contribution in [3.8, 4) is 0 Å². The van der Waals surface area contributed by atoms with Gasteiger partial charge < -0.3 is 5.32 Å². The largest absolute Gasteiger partial charge is 0.312 e. The summed E-state index contributed by atoms with van der Waals surface area (Å²) in [7, 11) is -2.78. The van der Waals surface area contributed by atoms with E-state index >= 15 is 0 Å². The lowest BCUT2D eigenvalue weighted by Gasteiger charge is -2.32. The van der Waals surface area contributed by atoms with E-state index in [1.807, 2.05) is 0 Å². The van der Waals surface area contributed by atoms with E-state index in [4.69, 9.17) is 0 Å². The fraction of sp³-hybridized carbons (Fsp3) is 1.00. The van der Waals surface area contributed by atoms with Crippen LogP contribution >= 0.6 is 0 Å². The Hall–Kier alpha value is -0.0900. The van der Waals surface area contributed by atoms with Crippen molar-refractivity contribution < 1.29 is 8.42 Å². The zero-order chi connectivity index (χ0) is 13.3. The van der Waals surface area contributed by atoms with Gasteiger partial charge in [-0.15, -0.1) is 0 Å². The van der Waals surface area contributed by atoms with Crippen LogP contribution in [0.3, 0.4) is 0 Å². The van der Waals surface area contributed by atoms with Gasteiger partial charge >= 0.3 is 0 Å². The Labute approximate surface area is 117 Å². The first-order valence-electron chi connectivity index (χ1n) is 8.12. The highest BCUT2D eigenvalue weighted by Crippen LogP contribution is 2.40. The van der Waals surface area contributed by atoms with Gasteiger partial charge in [-0.25, -0.2) is 8.42 Å². The highest BCUT2D eigenvalue weighted by atomic mass is 32.2. The molecule has 0 aromatic carbocycles. The highest BCUT2D eigenvalue weighted by molar-refractivity contribution is 7.92. The molecule has 1 heterocycles. The van der Waals surface area contributed by atoms with E-state index in [1.54, 1.807) is 0 Å². The molecule has 0 radical (unpaired) electrons. The minimum atomic E-state index is -2.78. The number of sulfone groups is 1. The Balaban J connectivity index is 1.56. The Morgan fingerprint density at radius 3 is 2.16 bits per heavy atom. The van der Waals surface area contributed by atoms with Crippen molar-refractivity contribution in [3.05, 3.63) is 0 Å². The van der Waals surface area contributed by atoms with Gasteiger partial charge in [0.2, 0.25) is 0 Å². The SMILES string of the molecule is O=S1(=O)CCC[C@@H]1CN[C@@H](C1CCCCC1)C1CC1. The molecule has 0 aromatic heterocycles. The highest BCUT2D eigenvalue weighted by Gasteiger charge is 2.38. The zero-order valence-corrected chi connectivity index (χ0v) is 12.6. The molecule has 1 aliphatic heterocycles. The molecule has 19 heavy (non-hydrogen) atoms. The lowest BCUT2D eigenvalue weighted by Crippen LogP contribution is -2.43. The van der Waals surface area contributed by atoms with Crippen molar-refractivity contribution in [2.24, 2.45) is 11.8 Å². The Bertz CT molecular complexity index is 396. The first kappa shape index (κ1) is 13.9. The molecule has 3 aliphatic rings. The predicted molar refractivity (Wildman–Crippen MR) is 77.9 cm³/mol. The van der Waals surface area contributed by atoms with Gasteiger partial charge in [-0.1, -0.05) is 19.3 Å². The molecule has 1 N–H and O–H groups in total. The van der Waals surface area contributed by atoms with Crippen molar-refractivity contribution in [1.29, 1.82) is 0 Å². The number of hydrogen-bond acceptors (Lipinski definition) is 3. The molecule has 0 unspecified atom stereocenters. The fourth-order valence-electron chi connectivity index (χ4n) is 4.02. The summed E-state index contributed by atoms with van der Waals surface area (Å²) < 4.78 is 23.8. The molecule has 0 bridgehead atoms. The van der Waals surface area contributed by atoms with Crippen molar-refractivity contribution >= 4 is 9.84 Å². The number of hydrogen-bond donors (Lipinski definition) is 1. The summed E-state index contributed by atoms with van der Waals surface area (Å²) in [5.41, 5.74) is 0. The fourth-order valence-corrected chi connectivity index (χ4v) is 5.80. The predicted octanol–water partition coefficient (Wildman–Crippen LogP) is 2.51. The van der Waals surface area contributed by atoms with Gasteiger partial charge in [0.1, 0.15) is 0 Å². The molecule has 4 heteroatoms. The summed E-state index contributed by atoms with van der Waals surface area (Å²) in [5, 5.41) is 3.57. The van der Waals surface area contributed by atoms with Crippen LogP contribution in [0.25, 0.3) is 0 Å². The third-order valence-corrected chi connectivity index (χ3v) is 7.61. The van der Waals surface area contributed by atoms with Crippen LogP contribution in [0, 0.1) is 11.8 Å². The average molecular weight is 285 g/mol. The number of rotatable bonds is 5. The minimum Gasteiger partial charge on any atom is -0.312 e. The van der Waals surface area contributed by atoms with Gasteiger partial charge in [0.15, 0.2) is 9.84 Å². The van der Waals surface area contributed by atoms with Crippen LogP contribution in [0.4, 0.5) is 0 Å². The molecule has 1 saturated heterocycles. The molecule has 2 saturated carbocycles. The monoisotopic (exact) mass is 285 g/mol. The van der Waals surface area contributed by atoms with Crippen LogP contribution in [-0.4, -0.2) is 32.0 Å². The van der Waals surface area contributed by atoms with Crippen LogP contribution in [-0.2, 0) is 9.84 Å². The second kappa shape index (κ2) is 5.72.